The summed E-state index contributed by atoms with van der Waals surface area (Å²) in [6.45, 7) is -1.26. The molecule has 0 aliphatic carbocycles. The summed E-state index contributed by atoms with van der Waals surface area (Å²) in [6, 6.07) is 10.9. The summed E-state index contributed by atoms with van der Waals surface area (Å²) >= 11 is 5.84. The molecule has 0 radical (unpaired) electrons. The Hall–Kier alpha value is -2.74. The number of alkyl halides is 3. The second-order valence-electron chi connectivity index (χ2n) is 4.97. The normalized spacial score (nSPS) is 10.9. The lowest BCUT2D eigenvalue weighted by atomic mass is 10.1. The first-order valence-electron chi connectivity index (χ1n) is 7.26. The maximum absolute atomic E-state index is 12.8. The number of hydrogen-bond donors (Lipinski definition) is 1. The van der Waals surface area contributed by atoms with Crippen LogP contribution < -0.4 is 10.1 Å². The molecule has 1 amide bonds. The summed E-state index contributed by atoms with van der Waals surface area (Å²) in [6.07, 6.45) is -4.62. The number of ether oxygens (including phenoxy) is 2. The molecule has 0 heterocycles. The van der Waals surface area contributed by atoms with Crippen LogP contribution in [0, 0.1) is 0 Å². The van der Waals surface area contributed by atoms with E-state index < -0.39 is 42.5 Å². The van der Waals surface area contributed by atoms with Gasteiger partial charge in [-0.05, 0) is 24.3 Å². The summed E-state index contributed by atoms with van der Waals surface area (Å²) in [4.78, 5) is 23.3. The minimum absolute atomic E-state index is 0.259. The first-order valence-corrected chi connectivity index (χ1v) is 7.64. The Morgan fingerprint density at radius 2 is 1.65 bits per heavy atom. The van der Waals surface area contributed by atoms with Gasteiger partial charge in [-0.2, -0.15) is 13.2 Å². The average molecular weight is 388 g/mol. The molecule has 0 aliphatic rings. The highest BCUT2D eigenvalue weighted by Crippen LogP contribution is 2.34. The van der Waals surface area contributed by atoms with Crippen LogP contribution in [0.2, 0.25) is 5.02 Å². The van der Waals surface area contributed by atoms with Gasteiger partial charge in [-0.25, -0.2) is 4.79 Å². The summed E-state index contributed by atoms with van der Waals surface area (Å²) in [7, 11) is 0. The molecule has 0 fully saturated rings. The molecule has 0 aliphatic heterocycles. The molecule has 0 saturated carbocycles. The predicted molar refractivity (Wildman–Crippen MR) is 88.0 cm³/mol. The van der Waals surface area contributed by atoms with E-state index in [0.717, 1.165) is 12.1 Å². The molecule has 2 aromatic carbocycles. The van der Waals surface area contributed by atoms with Gasteiger partial charge in [0.1, 0.15) is 5.75 Å². The number of esters is 1. The number of halogens is 4. The van der Waals surface area contributed by atoms with Crippen LogP contribution in [0.1, 0.15) is 5.56 Å². The van der Waals surface area contributed by atoms with Crippen molar-refractivity contribution in [3.8, 4) is 5.75 Å². The standard InChI is InChI=1S/C17H13ClF3NO4/c18-12-6-2-4-8-14(12)25-10-16(24)26-9-15(23)22-13-7-3-1-5-11(13)17(19,20)21/h1-8H,9-10H2,(H,22,23). The van der Waals surface area contributed by atoms with Crippen molar-refractivity contribution in [2.24, 2.45) is 0 Å². The third-order valence-electron chi connectivity index (χ3n) is 3.05. The van der Waals surface area contributed by atoms with Crippen LogP contribution in [-0.4, -0.2) is 25.1 Å². The SMILES string of the molecule is O=C(COC(=O)COc1ccccc1Cl)Nc1ccccc1C(F)(F)F. The number of rotatable bonds is 6. The van der Waals surface area contributed by atoms with Crippen LogP contribution in [-0.2, 0) is 20.5 Å². The van der Waals surface area contributed by atoms with Crippen LogP contribution in [0.4, 0.5) is 18.9 Å². The monoisotopic (exact) mass is 387 g/mol. The van der Waals surface area contributed by atoms with E-state index in [1.807, 2.05) is 0 Å². The minimum atomic E-state index is -4.62. The fourth-order valence-electron chi connectivity index (χ4n) is 1.91. The molecule has 0 spiro atoms. The van der Waals surface area contributed by atoms with E-state index >= 15 is 0 Å². The number of benzene rings is 2. The van der Waals surface area contributed by atoms with Crippen LogP contribution in [0.3, 0.4) is 0 Å². The van der Waals surface area contributed by atoms with Crippen molar-refractivity contribution >= 4 is 29.2 Å². The quantitative estimate of drug-likeness (QED) is 0.763. The molecular weight excluding hydrogens is 375 g/mol. The third kappa shape index (κ3) is 5.66. The molecule has 9 heteroatoms. The Balaban J connectivity index is 1.84. The van der Waals surface area contributed by atoms with Crippen molar-refractivity contribution in [3.63, 3.8) is 0 Å². The predicted octanol–water partition coefficient (Wildman–Crippen LogP) is 3.92. The van der Waals surface area contributed by atoms with E-state index in [1.165, 1.54) is 18.2 Å². The molecule has 26 heavy (non-hydrogen) atoms. The Morgan fingerprint density at radius 1 is 1.00 bits per heavy atom. The Morgan fingerprint density at radius 3 is 2.35 bits per heavy atom. The zero-order valence-electron chi connectivity index (χ0n) is 13.2. The molecule has 0 unspecified atom stereocenters. The van der Waals surface area contributed by atoms with Crippen molar-refractivity contribution in [3.05, 3.63) is 59.1 Å². The van der Waals surface area contributed by atoms with Gasteiger partial charge in [-0.3, -0.25) is 4.79 Å². The number of carbonyl (C=O) groups excluding carboxylic acids is 2. The van der Waals surface area contributed by atoms with Crippen molar-refractivity contribution in [1.82, 2.24) is 0 Å². The molecule has 0 atom stereocenters. The average Bonchev–Trinajstić information content (AvgIpc) is 2.59. The van der Waals surface area contributed by atoms with Gasteiger partial charge in [0.25, 0.3) is 5.91 Å². The number of anilines is 1. The van der Waals surface area contributed by atoms with Gasteiger partial charge in [0, 0.05) is 0 Å². The molecule has 138 valence electrons. The van der Waals surface area contributed by atoms with Gasteiger partial charge in [0.15, 0.2) is 13.2 Å². The van der Waals surface area contributed by atoms with E-state index in [9.17, 15) is 22.8 Å². The number of carbonyl (C=O) groups is 2. The summed E-state index contributed by atoms with van der Waals surface area (Å²) in [5.41, 5.74) is -1.42. The van der Waals surface area contributed by atoms with E-state index in [0.29, 0.717) is 5.02 Å². The van der Waals surface area contributed by atoms with Crippen LogP contribution in [0.25, 0.3) is 0 Å². The van der Waals surface area contributed by atoms with E-state index in [1.54, 1.807) is 18.2 Å². The second kappa shape index (κ2) is 8.57. The highest BCUT2D eigenvalue weighted by molar-refractivity contribution is 6.32. The third-order valence-corrected chi connectivity index (χ3v) is 3.37. The Bertz CT molecular complexity index is 796. The molecule has 0 bridgehead atoms. The van der Waals surface area contributed by atoms with E-state index in [4.69, 9.17) is 16.3 Å². The molecule has 0 saturated heterocycles. The van der Waals surface area contributed by atoms with Gasteiger partial charge in [-0.1, -0.05) is 35.9 Å². The fourth-order valence-corrected chi connectivity index (χ4v) is 2.10. The van der Waals surface area contributed by atoms with Gasteiger partial charge in [0.05, 0.1) is 16.3 Å². The molecular formula is C17H13ClF3NO4. The molecule has 2 aromatic rings. The number of nitrogens with one attached hydrogen (secondary N) is 1. The molecule has 1 N–H and O–H groups in total. The minimum Gasteiger partial charge on any atom is -0.480 e. The lowest BCUT2D eigenvalue weighted by molar-refractivity contribution is -0.149. The highest BCUT2D eigenvalue weighted by atomic mass is 35.5. The van der Waals surface area contributed by atoms with Crippen molar-refractivity contribution < 1.29 is 32.2 Å². The van der Waals surface area contributed by atoms with Gasteiger partial charge < -0.3 is 14.8 Å². The first-order chi connectivity index (χ1) is 12.3. The topological polar surface area (TPSA) is 64.6 Å². The highest BCUT2D eigenvalue weighted by Gasteiger charge is 2.33. The summed E-state index contributed by atoms with van der Waals surface area (Å²) in [5, 5.41) is 2.35. The fraction of sp³-hybridized carbons (Fsp3) is 0.176. The smallest absolute Gasteiger partial charge is 0.418 e. The largest absolute Gasteiger partial charge is 0.480 e. The summed E-state index contributed by atoms with van der Waals surface area (Å²) in [5.74, 6) is -1.52. The number of amides is 1. The molecule has 0 aromatic heterocycles. The van der Waals surface area contributed by atoms with Crippen LogP contribution in [0.15, 0.2) is 48.5 Å². The Kier molecular flexibility index (Phi) is 6.46. The molecule has 5 nitrogen and oxygen atoms in total. The first kappa shape index (κ1) is 19.6. The number of hydrogen-bond acceptors (Lipinski definition) is 4. The van der Waals surface area contributed by atoms with Crippen molar-refractivity contribution in [1.29, 1.82) is 0 Å². The lowest BCUT2D eigenvalue weighted by Gasteiger charge is -2.13. The van der Waals surface area contributed by atoms with Crippen molar-refractivity contribution in [2.45, 2.75) is 6.18 Å². The van der Waals surface area contributed by atoms with Gasteiger partial charge in [0.2, 0.25) is 0 Å². The van der Waals surface area contributed by atoms with E-state index in [2.05, 4.69) is 10.1 Å². The number of para-hydroxylation sites is 2. The van der Waals surface area contributed by atoms with Gasteiger partial charge >= 0.3 is 12.1 Å². The zero-order valence-corrected chi connectivity index (χ0v) is 13.9. The van der Waals surface area contributed by atoms with Gasteiger partial charge in [-0.15, -0.1) is 0 Å². The maximum atomic E-state index is 12.8. The maximum Gasteiger partial charge on any atom is 0.418 e. The van der Waals surface area contributed by atoms with Crippen LogP contribution >= 0.6 is 11.6 Å². The summed E-state index contributed by atoms with van der Waals surface area (Å²) < 4.78 is 48.3. The second-order valence-corrected chi connectivity index (χ2v) is 5.38. The Labute approximate surface area is 151 Å². The lowest BCUT2D eigenvalue weighted by Crippen LogP contribution is -2.24. The van der Waals surface area contributed by atoms with Crippen LogP contribution in [0.5, 0.6) is 5.75 Å². The van der Waals surface area contributed by atoms with E-state index in [-0.39, 0.29) is 5.75 Å². The molecule has 2 rings (SSSR count). The zero-order chi connectivity index (χ0) is 19.2. The van der Waals surface area contributed by atoms with Crippen molar-refractivity contribution in [2.75, 3.05) is 18.5 Å².